The first kappa shape index (κ1) is 22.5. The van der Waals surface area contributed by atoms with Gasteiger partial charge in [0.2, 0.25) is 0 Å². The number of amides is 1. The number of nitrogens with zero attached hydrogens (tertiary/aromatic N) is 1. The monoisotopic (exact) mass is 435 g/mol. The zero-order valence-electron chi connectivity index (χ0n) is 19.3. The van der Waals surface area contributed by atoms with Gasteiger partial charge in [0.25, 0.3) is 11.5 Å². The van der Waals surface area contributed by atoms with E-state index in [1.54, 1.807) is 0 Å². The maximum absolute atomic E-state index is 12.7. The molecule has 1 aliphatic heterocycles. The van der Waals surface area contributed by atoms with E-state index >= 15 is 0 Å². The number of carbonyl (C=O) groups excluding carboxylic acids is 2. The summed E-state index contributed by atoms with van der Waals surface area (Å²) in [6, 6.07) is 9.71. The maximum atomic E-state index is 12.7. The van der Waals surface area contributed by atoms with E-state index in [9.17, 15) is 14.4 Å². The Morgan fingerprint density at radius 2 is 1.75 bits per heavy atom. The predicted molar refractivity (Wildman–Crippen MR) is 125 cm³/mol. The molecule has 0 atom stereocenters. The number of benzene rings is 1. The molecular weight excluding hydrogens is 402 g/mol. The topological polar surface area (TPSA) is 82.3 Å². The summed E-state index contributed by atoms with van der Waals surface area (Å²) >= 11 is 0. The number of Topliss-reactive ketones (excluding diaryl/α,β-unsaturated/α-hetero) is 1. The summed E-state index contributed by atoms with van der Waals surface area (Å²) in [4.78, 5) is 42.9. The van der Waals surface area contributed by atoms with Gasteiger partial charge < -0.3 is 10.3 Å². The van der Waals surface area contributed by atoms with Gasteiger partial charge in [-0.05, 0) is 60.9 Å². The van der Waals surface area contributed by atoms with Crippen molar-refractivity contribution >= 4 is 11.7 Å². The van der Waals surface area contributed by atoms with Gasteiger partial charge in [-0.1, -0.05) is 45.0 Å². The highest BCUT2D eigenvalue weighted by molar-refractivity contribution is 6.02. The van der Waals surface area contributed by atoms with Crippen molar-refractivity contribution in [3.8, 4) is 0 Å². The van der Waals surface area contributed by atoms with Gasteiger partial charge in [-0.3, -0.25) is 19.3 Å². The zero-order chi connectivity index (χ0) is 22.9. The molecular formula is C26H33N3O3. The Hall–Kier alpha value is -2.73. The number of H-pyrrole nitrogens is 1. The van der Waals surface area contributed by atoms with Crippen LogP contribution in [0.1, 0.15) is 77.6 Å². The minimum absolute atomic E-state index is 0.00671. The molecule has 1 saturated heterocycles. The lowest BCUT2D eigenvalue weighted by atomic mass is 9.75. The molecule has 170 valence electrons. The number of carbonyl (C=O) groups is 2. The van der Waals surface area contributed by atoms with E-state index in [2.05, 4.69) is 34.3 Å². The first-order chi connectivity index (χ1) is 15.2. The molecule has 1 amide bonds. The van der Waals surface area contributed by atoms with E-state index < -0.39 is 11.5 Å². The summed E-state index contributed by atoms with van der Waals surface area (Å²) in [5.74, 6) is 0.336. The van der Waals surface area contributed by atoms with E-state index in [-0.39, 0.29) is 16.8 Å². The molecule has 1 aliphatic carbocycles. The lowest BCUT2D eigenvalue weighted by Crippen LogP contribution is -2.34. The van der Waals surface area contributed by atoms with Crippen LogP contribution in [0.5, 0.6) is 0 Å². The largest absolute Gasteiger partial charge is 0.348 e. The molecule has 2 aliphatic rings. The fourth-order valence-electron chi connectivity index (χ4n) is 4.71. The smallest absolute Gasteiger partial charge is 0.261 e. The van der Waals surface area contributed by atoms with Crippen LogP contribution in [0.3, 0.4) is 0 Å². The van der Waals surface area contributed by atoms with Crippen LogP contribution in [0.15, 0.2) is 35.1 Å². The van der Waals surface area contributed by atoms with E-state index in [0.717, 1.165) is 31.1 Å². The minimum Gasteiger partial charge on any atom is -0.348 e. The zero-order valence-corrected chi connectivity index (χ0v) is 19.3. The average Bonchev–Trinajstić information content (AvgIpc) is 2.73. The number of pyridine rings is 1. The van der Waals surface area contributed by atoms with Crippen LogP contribution in [0.2, 0.25) is 0 Å². The van der Waals surface area contributed by atoms with Crippen molar-refractivity contribution in [2.45, 2.75) is 59.5 Å². The van der Waals surface area contributed by atoms with Crippen LogP contribution in [0.25, 0.3) is 0 Å². The standard InChI is InChI=1S/C26H33N3O3/c1-17-8-10-29(11-9-17)16-19-6-4-18(5-7-19)15-27-24(31)21-12-20-22(28-25(21)32)13-26(2,3)14-23(20)30/h4-7,12,17H,8-11,13-16H2,1-3H3,(H,27,31)(H,28,32). The molecule has 6 nitrogen and oxygen atoms in total. The number of hydrogen-bond donors (Lipinski definition) is 2. The number of aromatic nitrogens is 1. The number of ketones is 1. The summed E-state index contributed by atoms with van der Waals surface area (Å²) in [5.41, 5.74) is 2.70. The highest BCUT2D eigenvalue weighted by Crippen LogP contribution is 2.33. The SMILES string of the molecule is CC1CCN(Cc2ccc(CNC(=O)c3cc4c([nH]c3=O)CC(C)(C)CC4=O)cc2)CC1. The van der Waals surface area contributed by atoms with Crippen molar-refractivity contribution in [1.29, 1.82) is 0 Å². The minimum atomic E-state index is -0.460. The molecule has 2 aromatic rings. The number of aromatic amines is 1. The predicted octanol–water partition coefficient (Wildman–Crippen LogP) is 3.69. The third-order valence-electron chi connectivity index (χ3n) is 6.72. The van der Waals surface area contributed by atoms with Crippen molar-refractivity contribution in [1.82, 2.24) is 15.2 Å². The second-order valence-corrected chi connectivity index (χ2v) is 10.3. The maximum Gasteiger partial charge on any atom is 0.261 e. The molecule has 1 aromatic heterocycles. The molecule has 0 bridgehead atoms. The van der Waals surface area contributed by atoms with Crippen molar-refractivity contribution in [2.24, 2.45) is 11.3 Å². The van der Waals surface area contributed by atoms with Crippen molar-refractivity contribution in [2.75, 3.05) is 13.1 Å². The number of fused-ring (bicyclic) bond motifs is 1. The second kappa shape index (κ2) is 9.02. The van der Waals surface area contributed by atoms with E-state index in [1.165, 1.54) is 24.5 Å². The fourth-order valence-corrected chi connectivity index (χ4v) is 4.71. The molecule has 32 heavy (non-hydrogen) atoms. The molecule has 2 heterocycles. The number of hydrogen-bond acceptors (Lipinski definition) is 4. The average molecular weight is 436 g/mol. The molecule has 6 heteroatoms. The Labute approximate surface area is 189 Å². The van der Waals surface area contributed by atoms with Crippen LogP contribution in [0, 0.1) is 11.3 Å². The van der Waals surface area contributed by atoms with E-state index in [1.807, 2.05) is 26.0 Å². The third-order valence-corrected chi connectivity index (χ3v) is 6.72. The van der Waals surface area contributed by atoms with Gasteiger partial charge in [0.05, 0.1) is 0 Å². The Morgan fingerprint density at radius 1 is 1.09 bits per heavy atom. The summed E-state index contributed by atoms with van der Waals surface area (Å²) in [5, 5.41) is 2.82. The molecule has 2 N–H and O–H groups in total. The lowest BCUT2D eigenvalue weighted by Gasteiger charge is -2.30. The third kappa shape index (κ3) is 5.18. The fraction of sp³-hybridized carbons (Fsp3) is 0.500. The molecule has 1 aromatic carbocycles. The van der Waals surface area contributed by atoms with E-state index in [0.29, 0.717) is 30.6 Å². The first-order valence-electron chi connectivity index (χ1n) is 11.6. The number of piperidine rings is 1. The van der Waals surface area contributed by atoms with Gasteiger partial charge in [0.15, 0.2) is 5.78 Å². The highest BCUT2D eigenvalue weighted by atomic mass is 16.2. The van der Waals surface area contributed by atoms with Crippen LogP contribution in [0.4, 0.5) is 0 Å². The number of nitrogens with one attached hydrogen (secondary N) is 2. The number of rotatable bonds is 5. The Kier molecular flexibility index (Phi) is 6.33. The summed E-state index contributed by atoms with van der Waals surface area (Å²) in [6.07, 6.45) is 3.55. The van der Waals surface area contributed by atoms with Crippen LogP contribution in [-0.2, 0) is 19.5 Å². The Morgan fingerprint density at radius 3 is 2.44 bits per heavy atom. The molecule has 0 saturated carbocycles. The van der Waals surface area contributed by atoms with Gasteiger partial charge in [-0.15, -0.1) is 0 Å². The lowest BCUT2D eigenvalue weighted by molar-refractivity contribution is 0.0910. The van der Waals surface area contributed by atoms with Crippen LogP contribution in [-0.4, -0.2) is 34.7 Å². The van der Waals surface area contributed by atoms with Gasteiger partial charge in [-0.2, -0.15) is 0 Å². The van der Waals surface area contributed by atoms with Crippen molar-refractivity contribution < 1.29 is 9.59 Å². The highest BCUT2D eigenvalue weighted by Gasteiger charge is 2.32. The summed E-state index contributed by atoms with van der Waals surface area (Å²) in [6.45, 7) is 9.90. The normalized spacial score (nSPS) is 18.9. The quantitative estimate of drug-likeness (QED) is 0.750. The van der Waals surface area contributed by atoms with Crippen LogP contribution >= 0.6 is 0 Å². The second-order valence-electron chi connectivity index (χ2n) is 10.3. The van der Waals surface area contributed by atoms with Gasteiger partial charge in [0.1, 0.15) is 5.56 Å². The van der Waals surface area contributed by atoms with Crippen molar-refractivity contribution in [3.05, 3.63) is 68.6 Å². The van der Waals surface area contributed by atoms with Gasteiger partial charge in [-0.25, -0.2) is 0 Å². The Balaban J connectivity index is 1.37. The molecule has 0 radical (unpaired) electrons. The first-order valence-corrected chi connectivity index (χ1v) is 11.6. The van der Waals surface area contributed by atoms with Crippen LogP contribution < -0.4 is 10.9 Å². The Bertz CT molecular complexity index is 1060. The molecule has 1 fully saturated rings. The molecule has 0 unspecified atom stereocenters. The molecule has 4 rings (SSSR count). The molecule has 0 spiro atoms. The van der Waals surface area contributed by atoms with Crippen molar-refractivity contribution in [3.63, 3.8) is 0 Å². The summed E-state index contributed by atoms with van der Waals surface area (Å²) in [7, 11) is 0. The van der Waals surface area contributed by atoms with Gasteiger partial charge in [0, 0.05) is 30.8 Å². The summed E-state index contributed by atoms with van der Waals surface area (Å²) < 4.78 is 0. The van der Waals surface area contributed by atoms with E-state index in [4.69, 9.17) is 0 Å². The number of likely N-dealkylation sites (tertiary alicyclic amines) is 1. The van der Waals surface area contributed by atoms with Gasteiger partial charge >= 0.3 is 0 Å².